The zero-order chi connectivity index (χ0) is 23.5. The van der Waals surface area contributed by atoms with Crippen LogP contribution in [0.2, 0.25) is 0 Å². The molecule has 4 aromatic rings. The number of nitrogens with one attached hydrogen (secondary N) is 1. The van der Waals surface area contributed by atoms with Crippen LogP contribution in [0.4, 0.5) is 26.8 Å². The van der Waals surface area contributed by atoms with Crippen LogP contribution in [0.25, 0.3) is 10.3 Å². The second-order valence-corrected chi connectivity index (χ2v) is 9.41. The van der Waals surface area contributed by atoms with Crippen LogP contribution in [0.3, 0.4) is 0 Å². The number of nitrogens with zero attached hydrogens (tertiary/aromatic N) is 6. The number of aromatic nitrogens is 3. The lowest BCUT2D eigenvalue weighted by Crippen LogP contribution is -2.45. The van der Waals surface area contributed by atoms with E-state index < -0.39 is 0 Å². The summed E-state index contributed by atoms with van der Waals surface area (Å²) in [6, 6.07) is 14.4. The molecule has 0 bridgehead atoms. The van der Waals surface area contributed by atoms with Gasteiger partial charge in [-0.3, -0.25) is 4.90 Å². The lowest BCUT2D eigenvalue weighted by Gasteiger charge is -2.33. The SMILES string of the molecule is CCN1CCN(Cc2ccc(Nc3nc4ccc(N(C)c5ccc(F)cc5)nc4s3)nc2)CC1. The van der Waals surface area contributed by atoms with Crippen molar-refractivity contribution >= 4 is 44.1 Å². The summed E-state index contributed by atoms with van der Waals surface area (Å²) in [6.45, 7) is 8.75. The van der Waals surface area contributed by atoms with Crippen molar-refractivity contribution in [2.45, 2.75) is 13.5 Å². The standard InChI is InChI=1S/C25H28FN7S/c1-3-32-12-14-33(15-13-32)17-18-4-10-22(27-16-18)29-25-28-21-9-11-23(30-24(21)34-25)31(2)20-7-5-19(26)6-8-20/h4-11,16H,3,12-15,17H2,1-2H3,(H,27,28,29). The molecule has 0 atom stereocenters. The van der Waals surface area contributed by atoms with E-state index in [2.05, 4.69) is 38.1 Å². The van der Waals surface area contributed by atoms with E-state index in [1.165, 1.54) is 29.0 Å². The summed E-state index contributed by atoms with van der Waals surface area (Å²) in [5.74, 6) is 1.29. The maximum atomic E-state index is 13.2. The van der Waals surface area contributed by atoms with Crippen molar-refractivity contribution in [1.29, 1.82) is 0 Å². The van der Waals surface area contributed by atoms with Crippen molar-refractivity contribution < 1.29 is 4.39 Å². The van der Waals surface area contributed by atoms with Gasteiger partial charge in [-0.05, 0) is 54.6 Å². The number of fused-ring (bicyclic) bond motifs is 1. The first-order chi connectivity index (χ1) is 16.6. The Hall–Kier alpha value is -3.14. The van der Waals surface area contributed by atoms with E-state index in [9.17, 15) is 4.39 Å². The summed E-state index contributed by atoms with van der Waals surface area (Å²) < 4.78 is 13.2. The fourth-order valence-corrected chi connectivity index (χ4v) is 4.91. The normalized spacial score (nSPS) is 15.0. The van der Waals surface area contributed by atoms with Gasteiger partial charge in [0.05, 0.1) is 0 Å². The van der Waals surface area contributed by atoms with Gasteiger partial charge < -0.3 is 15.1 Å². The van der Waals surface area contributed by atoms with Crippen molar-refractivity contribution in [2.24, 2.45) is 0 Å². The molecule has 1 aliphatic heterocycles. The van der Waals surface area contributed by atoms with Crippen molar-refractivity contribution in [3.8, 4) is 0 Å². The van der Waals surface area contributed by atoms with E-state index in [0.717, 1.165) is 72.1 Å². The molecule has 1 N–H and O–H groups in total. The molecule has 0 amide bonds. The molecule has 1 saturated heterocycles. The number of pyridine rings is 2. The summed E-state index contributed by atoms with van der Waals surface area (Å²) in [7, 11) is 1.91. The largest absolute Gasteiger partial charge is 0.329 e. The van der Waals surface area contributed by atoms with Crippen molar-refractivity contribution in [2.75, 3.05) is 50.0 Å². The van der Waals surface area contributed by atoms with Gasteiger partial charge in [-0.25, -0.2) is 19.3 Å². The first-order valence-electron chi connectivity index (χ1n) is 11.5. The van der Waals surface area contributed by atoms with Crippen LogP contribution < -0.4 is 10.2 Å². The van der Waals surface area contributed by atoms with Gasteiger partial charge in [0.2, 0.25) is 0 Å². The molecular formula is C25H28FN7S. The molecule has 1 aliphatic rings. The highest BCUT2D eigenvalue weighted by molar-refractivity contribution is 7.21. The Balaban J connectivity index is 1.23. The molecule has 5 rings (SSSR count). The molecule has 0 spiro atoms. The highest BCUT2D eigenvalue weighted by Crippen LogP contribution is 2.30. The van der Waals surface area contributed by atoms with Gasteiger partial charge in [-0.1, -0.05) is 24.3 Å². The monoisotopic (exact) mass is 477 g/mol. The minimum atomic E-state index is -0.254. The highest BCUT2D eigenvalue weighted by atomic mass is 32.1. The van der Waals surface area contributed by atoms with Crippen molar-refractivity contribution in [3.05, 3.63) is 66.1 Å². The number of hydrogen-bond acceptors (Lipinski definition) is 8. The number of likely N-dealkylation sites (N-methyl/N-ethyl adjacent to an activating group) is 1. The Morgan fingerprint density at radius 3 is 2.44 bits per heavy atom. The first kappa shape index (κ1) is 22.6. The van der Waals surface area contributed by atoms with E-state index in [-0.39, 0.29) is 5.82 Å². The maximum absolute atomic E-state index is 13.2. The van der Waals surface area contributed by atoms with Gasteiger partial charge >= 0.3 is 0 Å². The molecule has 7 nitrogen and oxygen atoms in total. The molecule has 1 fully saturated rings. The third-order valence-corrected chi connectivity index (χ3v) is 7.06. The number of rotatable bonds is 7. The molecule has 4 heterocycles. The van der Waals surface area contributed by atoms with E-state index in [1.807, 2.05) is 36.3 Å². The number of anilines is 4. The fourth-order valence-electron chi connectivity index (χ4n) is 4.07. The lowest BCUT2D eigenvalue weighted by molar-refractivity contribution is 0.132. The molecule has 0 unspecified atom stereocenters. The van der Waals surface area contributed by atoms with Gasteiger partial charge in [0.1, 0.15) is 27.8 Å². The highest BCUT2D eigenvalue weighted by Gasteiger charge is 2.16. The summed E-state index contributed by atoms with van der Waals surface area (Å²) in [5.41, 5.74) is 2.91. The fraction of sp³-hybridized carbons (Fsp3) is 0.320. The summed E-state index contributed by atoms with van der Waals surface area (Å²) >= 11 is 1.48. The van der Waals surface area contributed by atoms with Gasteiger partial charge in [-0.15, -0.1) is 0 Å². The van der Waals surface area contributed by atoms with Crippen LogP contribution in [0.1, 0.15) is 12.5 Å². The minimum Gasteiger partial charge on any atom is -0.329 e. The molecule has 0 radical (unpaired) electrons. The van der Waals surface area contributed by atoms with E-state index >= 15 is 0 Å². The minimum absolute atomic E-state index is 0.254. The molecule has 9 heteroatoms. The Bertz CT molecular complexity index is 1230. The van der Waals surface area contributed by atoms with Crippen LogP contribution in [0, 0.1) is 5.82 Å². The summed E-state index contributed by atoms with van der Waals surface area (Å²) in [4.78, 5) is 21.7. The van der Waals surface area contributed by atoms with Gasteiger partial charge in [0.25, 0.3) is 0 Å². The van der Waals surface area contributed by atoms with E-state index in [1.54, 1.807) is 12.1 Å². The number of hydrogen-bond donors (Lipinski definition) is 1. The van der Waals surface area contributed by atoms with Gasteiger partial charge in [-0.2, -0.15) is 0 Å². The molecule has 3 aromatic heterocycles. The quantitative estimate of drug-likeness (QED) is 0.407. The van der Waals surface area contributed by atoms with Crippen LogP contribution in [-0.2, 0) is 6.54 Å². The predicted octanol–water partition coefficient (Wildman–Crippen LogP) is 4.87. The van der Waals surface area contributed by atoms with Crippen molar-refractivity contribution in [1.82, 2.24) is 24.8 Å². The lowest BCUT2D eigenvalue weighted by atomic mass is 10.2. The second-order valence-electron chi connectivity index (χ2n) is 8.44. The average molecular weight is 478 g/mol. The van der Waals surface area contributed by atoms with E-state index in [4.69, 9.17) is 4.98 Å². The topological polar surface area (TPSA) is 60.4 Å². The Labute approximate surface area is 202 Å². The smallest absolute Gasteiger partial charge is 0.190 e. The maximum Gasteiger partial charge on any atom is 0.190 e. The van der Waals surface area contributed by atoms with Gasteiger partial charge in [0, 0.05) is 51.7 Å². The average Bonchev–Trinajstić information content (AvgIpc) is 3.27. The predicted molar refractivity (Wildman–Crippen MR) is 137 cm³/mol. The summed E-state index contributed by atoms with van der Waals surface area (Å²) in [5, 5.41) is 4.05. The van der Waals surface area contributed by atoms with Crippen LogP contribution in [0.15, 0.2) is 54.7 Å². The molecule has 0 saturated carbocycles. The zero-order valence-corrected chi connectivity index (χ0v) is 20.2. The molecule has 34 heavy (non-hydrogen) atoms. The van der Waals surface area contributed by atoms with E-state index in [0.29, 0.717) is 0 Å². The second kappa shape index (κ2) is 10.0. The zero-order valence-electron chi connectivity index (χ0n) is 19.4. The number of thiazole rings is 1. The molecular weight excluding hydrogens is 449 g/mol. The van der Waals surface area contributed by atoms with Crippen LogP contribution in [-0.4, -0.2) is 64.5 Å². The summed E-state index contributed by atoms with van der Waals surface area (Å²) in [6.07, 6.45) is 1.94. The van der Waals surface area contributed by atoms with Crippen LogP contribution >= 0.6 is 11.3 Å². The first-order valence-corrected chi connectivity index (χ1v) is 12.3. The Morgan fingerprint density at radius 2 is 1.74 bits per heavy atom. The third kappa shape index (κ3) is 5.16. The Kier molecular flexibility index (Phi) is 6.66. The molecule has 176 valence electrons. The third-order valence-electron chi connectivity index (χ3n) is 6.18. The van der Waals surface area contributed by atoms with Gasteiger partial charge in [0.15, 0.2) is 5.13 Å². The molecule has 1 aromatic carbocycles. The van der Waals surface area contributed by atoms with Crippen molar-refractivity contribution in [3.63, 3.8) is 0 Å². The molecule has 0 aliphatic carbocycles. The van der Waals surface area contributed by atoms with Crippen LogP contribution in [0.5, 0.6) is 0 Å². The Morgan fingerprint density at radius 1 is 0.971 bits per heavy atom. The number of benzene rings is 1. The number of halogens is 1. The number of piperazine rings is 1.